The van der Waals surface area contributed by atoms with E-state index in [1.807, 2.05) is 6.92 Å². The Bertz CT molecular complexity index is 1650. The number of rotatable bonds is 5. The molecule has 0 aliphatic rings. The van der Waals surface area contributed by atoms with Gasteiger partial charge in [-0.05, 0) is 37.3 Å². The molecule has 0 saturated carbocycles. The summed E-state index contributed by atoms with van der Waals surface area (Å²) in [4.78, 5) is 45.5. The Balaban J connectivity index is 1.49. The number of ether oxygens (including phenoxy) is 1. The third-order valence-electron chi connectivity index (χ3n) is 5.15. The van der Waals surface area contributed by atoms with Crippen molar-refractivity contribution in [3.05, 3.63) is 81.6 Å². The van der Waals surface area contributed by atoms with E-state index in [1.165, 1.54) is 29.8 Å². The van der Waals surface area contributed by atoms with E-state index in [0.717, 1.165) is 5.69 Å². The first-order valence-corrected chi connectivity index (χ1v) is 11.6. The molecule has 11 heteroatoms. The number of carbonyl (C=O) groups excluding carboxylic acids is 1. The Morgan fingerprint density at radius 2 is 1.94 bits per heavy atom. The van der Waals surface area contributed by atoms with Crippen LogP contribution in [0.4, 0.5) is 5.13 Å². The number of amides is 1. The van der Waals surface area contributed by atoms with Crippen LogP contribution in [0.25, 0.3) is 32.9 Å². The van der Waals surface area contributed by atoms with Crippen LogP contribution < -0.4 is 15.6 Å². The van der Waals surface area contributed by atoms with Gasteiger partial charge in [0.15, 0.2) is 15.6 Å². The second-order valence-electron chi connectivity index (χ2n) is 7.51. The Hall–Kier alpha value is -4.15. The number of pyridine rings is 2. The number of H-pyrrole nitrogens is 1. The van der Waals surface area contributed by atoms with Gasteiger partial charge in [0, 0.05) is 45.9 Å². The number of methoxy groups -OCH3 is 1. The Morgan fingerprint density at radius 1 is 1.09 bits per heavy atom. The first-order chi connectivity index (χ1) is 16.9. The van der Waals surface area contributed by atoms with E-state index in [9.17, 15) is 9.59 Å². The molecule has 0 aliphatic carbocycles. The largest absolute Gasteiger partial charge is 0.496 e. The zero-order chi connectivity index (χ0) is 24.5. The predicted octanol–water partition coefficient (Wildman–Crippen LogP) is 4.73. The Kier molecular flexibility index (Phi) is 5.98. The van der Waals surface area contributed by atoms with Crippen LogP contribution in [0.1, 0.15) is 16.1 Å². The van der Waals surface area contributed by atoms with Crippen molar-refractivity contribution in [1.29, 1.82) is 0 Å². The Morgan fingerprint density at radius 3 is 2.74 bits per heavy atom. The lowest BCUT2D eigenvalue weighted by Gasteiger charge is -2.13. The van der Waals surface area contributed by atoms with Crippen molar-refractivity contribution < 1.29 is 9.53 Å². The molecule has 0 fully saturated rings. The molecule has 4 heterocycles. The average molecular weight is 505 g/mol. The van der Waals surface area contributed by atoms with Gasteiger partial charge >= 0.3 is 0 Å². The van der Waals surface area contributed by atoms with E-state index in [0.29, 0.717) is 54.3 Å². The van der Waals surface area contributed by atoms with Crippen LogP contribution in [-0.2, 0) is 0 Å². The number of aryl methyl sites for hydroxylation is 1. The molecule has 9 nitrogen and oxygen atoms in total. The number of halogens is 1. The molecule has 5 aromatic rings. The molecule has 0 radical (unpaired) electrons. The summed E-state index contributed by atoms with van der Waals surface area (Å²) in [7, 11) is 1.56. The predicted molar refractivity (Wildman–Crippen MR) is 135 cm³/mol. The molecular formula is C24H17ClN6O3S. The summed E-state index contributed by atoms with van der Waals surface area (Å²) >= 11 is 7.40. The maximum absolute atomic E-state index is 13.3. The molecule has 0 unspecified atom stereocenters. The highest BCUT2D eigenvalue weighted by Crippen LogP contribution is 2.35. The summed E-state index contributed by atoms with van der Waals surface area (Å²) in [6, 6.07) is 10.2. The van der Waals surface area contributed by atoms with Gasteiger partial charge in [0.1, 0.15) is 5.75 Å². The van der Waals surface area contributed by atoms with Gasteiger partial charge in [-0.1, -0.05) is 22.9 Å². The van der Waals surface area contributed by atoms with Gasteiger partial charge in [0.05, 0.1) is 24.6 Å². The van der Waals surface area contributed by atoms with E-state index < -0.39 is 5.91 Å². The lowest BCUT2D eigenvalue weighted by atomic mass is 9.99. The number of fused-ring (bicyclic) bond motifs is 1. The maximum Gasteiger partial charge on any atom is 0.259 e. The average Bonchev–Trinajstić information content (AvgIpc) is 3.25. The van der Waals surface area contributed by atoms with E-state index in [4.69, 9.17) is 16.3 Å². The zero-order valence-electron chi connectivity index (χ0n) is 18.5. The molecular weight excluding hydrogens is 488 g/mol. The van der Waals surface area contributed by atoms with E-state index in [1.54, 1.807) is 43.6 Å². The lowest BCUT2D eigenvalue weighted by molar-refractivity contribution is 0.102. The minimum Gasteiger partial charge on any atom is -0.496 e. The van der Waals surface area contributed by atoms with E-state index in [-0.39, 0.29) is 5.56 Å². The van der Waals surface area contributed by atoms with E-state index in [2.05, 4.69) is 30.2 Å². The second-order valence-corrected chi connectivity index (χ2v) is 8.93. The molecule has 1 aromatic carbocycles. The summed E-state index contributed by atoms with van der Waals surface area (Å²) in [5.41, 5.74) is 3.68. The fourth-order valence-corrected chi connectivity index (χ4v) is 4.50. The smallest absolute Gasteiger partial charge is 0.259 e. The van der Waals surface area contributed by atoms with Crippen LogP contribution >= 0.6 is 22.9 Å². The number of nitrogens with zero attached hydrogens (tertiary/aromatic N) is 4. The minimum atomic E-state index is -0.400. The van der Waals surface area contributed by atoms with Crippen LogP contribution in [0.2, 0.25) is 5.02 Å². The monoisotopic (exact) mass is 504 g/mol. The van der Waals surface area contributed by atoms with Crippen LogP contribution in [0, 0.1) is 6.92 Å². The molecule has 0 bridgehead atoms. The van der Waals surface area contributed by atoms with Crippen molar-refractivity contribution in [2.24, 2.45) is 0 Å². The summed E-state index contributed by atoms with van der Waals surface area (Å²) < 4.78 is 5.48. The van der Waals surface area contributed by atoms with Gasteiger partial charge in [-0.2, -0.15) is 4.98 Å². The molecule has 2 N–H and O–H groups in total. The normalized spacial score (nSPS) is 10.9. The first kappa shape index (κ1) is 22.6. The van der Waals surface area contributed by atoms with Crippen LogP contribution in [0.3, 0.4) is 0 Å². The quantitative estimate of drug-likeness (QED) is 0.355. The summed E-state index contributed by atoms with van der Waals surface area (Å²) in [6.07, 6.45) is 4.59. The summed E-state index contributed by atoms with van der Waals surface area (Å²) in [5.74, 6) is 0.179. The molecule has 0 aliphatic heterocycles. The molecule has 0 atom stereocenters. The summed E-state index contributed by atoms with van der Waals surface area (Å²) in [6.45, 7) is 1.84. The molecule has 1 amide bonds. The van der Waals surface area contributed by atoms with Gasteiger partial charge in [-0.15, -0.1) is 0 Å². The fraction of sp³-hybridized carbons (Fsp3) is 0.0833. The third kappa shape index (κ3) is 4.61. The van der Waals surface area contributed by atoms with Crippen molar-refractivity contribution in [2.75, 3.05) is 12.4 Å². The highest BCUT2D eigenvalue weighted by molar-refractivity contribution is 7.21. The van der Waals surface area contributed by atoms with Gasteiger partial charge in [-0.25, -0.2) is 9.97 Å². The molecule has 4 aromatic heterocycles. The number of thiazole rings is 1. The standard InChI is InChI=1S/C24H17ClN6O3S/c1-12-7-15(16-9-14(25)3-4-19(16)34-2)17(10-27-12)22(33)31-24-30-21-23(35-24)29-18(11-28-21)13-5-6-26-20(32)8-13/h3-11H,1-2H3,(H,26,32)(H,28,30,31,33). The van der Waals surface area contributed by atoms with Gasteiger partial charge in [-0.3, -0.25) is 19.9 Å². The topological polar surface area (TPSA) is 123 Å². The highest BCUT2D eigenvalue weighted by atomic mass is 35.5. The molecule has 35 heavy (non-hydrogen) atoms. The molecule has 174 valence electrons. The number of anilines is 1. The number of hydrogen-bond acceptors (Lipinski definition) is 8. The van der Waals surface area contributed by atoms with Crippen molar-refractivity contribution in [1.82, 2.24) is 24.9 Å². The Labute approximate surface area is 207 Å². The number of hydrogen-bond donors (Lipinski definition) is 2. The van der Waals surface area contributed by atoms with Gasteiger partial charge in [0.2, 0.25) is 5.56 Å². The van der Waals surface area contributed by atoms with Gasteiger partial charge in [0.25, 0.3) is 5.91 Å². The third-order valence-corrected chi connectivity index (χ3v) is 6.24. The molecule has 0 spiro atoms. The fourth-order valence-electron chi connectivity index (χ4n) is 3.54. The van der Waals surface area contributed by atoms with E-state index >= 15 is 0 Å². The first-order valence-electron chi connectivity index (χ1n) is 10.4. The van der Waals surface area contributed by atoms with Crippen molar-refractivity contribution >= 4 is 44.5 Å². The maximum atomic E-state index is 13.3. The highest BCUT2D eigenvalue weighted by Gasteiger charge is 2.19. The number of nitrogens with one attached hydrogen (secondary N) is 2. The zero-order valence-corrected chi connectivity index (χ0v) is 20.1. The second kappa shape index (κ2) is 9.24. The number of benzene rings is 1. The number of carbonyl (C=O) groups is 1. The SMILES string of the molecule is COc1ccc(Cl)cc1-c1cc(C)ncc1C(=O)Nc1nc2ncc(-c3cc[nH]c(=O)c3)nc2s1. The molecule has 5 rings (SSSR count). The van der Waals surface area contributed by atoms with Crippen molar-refractivity contribution in [3.63, 3.8) is 0 Å². The minimum absolute atomic E-state index is 0.236. The van der Waals surface area contributed by atoms with Crippen LogP contribution in [0.5, 0.6) is 5.75 Å². The summed E-state index contributed by atoms with van der Waals surface area (Å²) in [5, 5.41) is 3.66. The number of aromatic nitrogens is 5. The number of aromatic amines is 1. The van der Waals surface area contributed by atoms with Crippen molar-refractivity contribution in [2.45, 2.75) is 6.92 Å². The van der Waals surface area contributed by atoms with Crippen LogP contribution in [-0.4, -0.2) is 37.9 Å². The van der Waals surface area contributed by atoms with Crippen LogP contribution in [0.15, 0.2) is 59.8 Å². The molecule has 0 saturated heterocycles. The lowest BCUT2D eigenvalue weighted by Crippen LogP contribution is -2.14. The van der Waals surface area contributed by atoms with Gasteiger partial charge < -0.3 is 9.72 Å². The van der Waals surface area contributed by atoms with Crippen molar-refractivity contribution in [3.8, 4) is 28.1 Å².